The average Bonchev–Trinajstić information content (AvgIpc) is 2.65. The second-order valence-electron chi connectivity index (χ2n) is 5.78. The van der Waals surface area contributed by atoms with Gasteiger partial charge < -0.3 is 14.6 Å². The maximum atomic E-state index is 12.4. The fraction of sp³-hybridized carbons (Fsp3) is 0.312. The van der Waals surface area contributed by atoms with Crippen molar-refractivity contribution in [3.05, 3.63) is 29.3 Å². The van der Waals surface area contributed by atoms with Gasteiger partial charge in [0.15, 0.2) is 18.2 Å². The van der Waals surface area contributed by atoms with Gasteiger partial charge in [-0.25, -0.2) is 4.79 Å². The molecule has 0 fully saturated rings. The van der Waals surface area contributed by atoms with Crippen LogP contribution in [0.15, 0.2) is 24.3 Å². The first-order valence-corrected chi connectivity index (χ1v) is 8.43. The minimum absolute atomic E-state index is 0.0727. The lowest BCUT2D eigenvalue weighted by Gasteiger charge is -2.19. The molecule has 0 aliphatic rings. The summed E-state index contributed by atoms with van der Waals surface area (Å²) in [6.45, 7) is -3.72. The first kappa shape index (κ1) is 24.1. The van der Waals surface area contributed by atoms with E-state index in [1.54, 1.807) is 0 Å². The first-order valence-electron chi connectivity index (χ1n) is 8.05. The van der Waals surface area contributed by atoms with Crippen molar-refractivity contribution in [1.82, 2.24) is 9.97 Å². The highest BCUT2D eigenvalue weighted by Gasteiger charge is 2.32. The molecule has 8 nitrogen and oxygen atoms in total. The number of aromatic hydroxyl groups is 1. The van der Waals surface area contributed by atoms with E-state index >= 15 is 0 Å². The Bertz CT molecular complexity index is 885. The molecule has 31 heavy (non-hydrogen) atoms. The maximum Gasteiger partial charge on any atom is 0.422 e. The lowest BCUT2D eigenvalue weighted by molar-refractivity contribution is -0.154. The molecule has 0 aliphatic heterocycles. The summed E-state index contributed by atoms with van der Waals surface area (Å²) in [5, 5.41) is 10.5. The summed E-state index contributed by atoms with van der Waals surface area (Å²) < 4.78 is 83.3. The van der Waals surface area contributed by atoms with Crippen molar-refractivity contribution in [1.29, 1.82) is 0 Å². The molecule has 2 N–H and O–H groups in total. The molecule has 15 heteroatoms. The Kier molecular flexibility index (Phi) is 7.25. The predicted molar refractivity (Wildman–Crippen MR) is 95.7 cm³/mol. The molecule has 0 saturated heterocycles. The molecule has 0 unspecified atom stereocenters. The number of carbonyl (C=O) groups is 1. The third-order valence-corrected chi connectivity index (χ3v) is 3.62. The van der Waals surface area contributed by atoms with Gasteiger partial charge in [0.25, 0.3) is 0 Å². The second kappa shape index (κ2) is 9.32. The van der Waals surface area contributed by atoms with E-state index in [0.29, 0.717) is 0 Å². The summed E-state index contributed by atoms with van der Waals surface area (Å²) in [7, 11) is 1.29. The number of nitrogens with zero attached hydrogens (tertiary/aromatic N) is 3. The van der Waals surface area contributed by atoms with Crippen LogP contribution in [0.1, 0.15) is 0 Å². The average molecular weight is 475 g/mol. The fourth-order valence-corrected chi connectivity index (χ4v) is 2.12. The molecular weight excluding hydrogens is 462 g/mol. The Hall–Kier alpha value is -3.16. The second-order valence-corrected chi connectivity index (χ2v) is 6.16. The van der Waals surface area contributed by atoms with Crippen LogP contribution in [0.4, 0.5) is 42.8 Å². The number of aromatic nitrogens is 2. The van der Waals surface area contributed by atoms with Gasteiger partial charge in [0.2, 0.25) is 17.7 Å². The van der Waals surface area contributed by atoms with Gasteiger partial charge in [-0.15, -0.1) is 0 Å². The highest BCUT2D eigenvalue weighted by molar-refractivity contribution is 6.33. The normalized spacial score (nSPS) is 11.7. The van der Waals surface area contributed by atoms with E-state index in [1.165, 1.54) is 31.3 Å². The molecule has 0 radical (unpaired) electrons. The number of carbonyl (C=O) groups excluding carboxylic acids is 1. The number of rotatable bonds is 6. The molecule has 1 heterocycles. The highest BCUT2D eigenvalue weighted by atomic mass is 35.5. The van der Waals surface area contributed by atoms with Gasteiger partial charge in [-0.3, -0.25) is 10.2 Å². The molecule has 0 aliphatic carbocycles. The number of hydrogen-bond donors (Lipinski definition) is 2. The molecular formula is C16H13ClF6N4O4. The van der Waals surface area contributed by atoms with Crippen molar-refractivity contribution in [3.8, 4) is 17.5 Å². The standard InChI is InChI=1S/C16H13ClF6N4O4/c1-27(8-2-4-9(28)5-3-8)14(29)26-13-24-11(30-6-15(18,19)20)10(17)12(25-13)31-7-16(21,22)23/h2-5,28H,6-7H2,1H3,(H,24,25,26,29). The third-order valence-electron chi connectivity index (χ3n) is 3.30. The van der Waals surface area contributed by atoms with Crippen LogP contribution in [0.25, 0.3) is 0 Å². The van der Waals surface area contributed by atoms with Crippen LogP contribution in [0.3, 0.4) is 0 Å². The Morgan fingerprint density at radius 1 is 1.03 bits per heavy atom. The molecule has 2 aromatic rings. The van der Waals surface area contributed by atoms with Crippen LogP contribution >= 0.6 is 11.6 Å². The monoisotopic (exact) mass is 474 g/mol. The summed E-state index contributed by atoms with van der Waals surface area (Å²) in [5.41, 5.74) is 0.284. The van der Waals surface area contributed by atoms with Crippen LogP contribution < -0.4 is 19.7 Å². The largest absolute Gasteiger partial charge is 0.508 e. The molecule has 0 bridgehead atoms. The number of alkyl halides is 6. The number of benzene rings is 1. The zero-order chi connectivity index (χ0) is 23.4. The van der Waals surface area contributed by atoms with E-state index in [2.05, 4.69) is 24.8 Å². The molecule has 2 amide bonds. The Morgan fingerprint density at radius 2 is 1.48 bits per heavy atom. The number of nitrogens with one attached hydrogen (secondary N) is 1. The van der Waals surface area contributed by atoms with E-state index in [-0.39, 0.29) is 11.4 Å². The summed E-state index contributed by atoms with van der Waals surface area (Å²) in [6.07, 6.45) is -9.60. The molecule has 0 saturated carbocycles. The van der Waals surface area contributed by atoms with Crippen LogP contribution in [0, 0.1) is 0 Å². The quantitative estimate of drug-likeness (QED) is 0.603. The summed E-state index contributed by atoms with van der Waals surface area (Å²) >= 11 is 5.69. The lowest BCUT2D eigenvalue weighted by atomic mass is 10.3. The molecule has 1 aromatic carbocycles. The molecule has 170 valence electrons. The Morgan fingerprint density at radius 3 is 1.90 bits per heavy atom. The molecule has 2 rings (SSSR count). The van der Waals surface area contributed by atoms with Gasteiger partial charge in [-0.2, -0.15) is 36.3 Å². The van der Waals surface area contributed by atoms with Crippen molar-refractivity contribution in [2.75, 3.05) is 30.5 Å². The topological polar surface area (TPSA) is 96.8 Å². The number of phenolic OH excluding ortho intramolecular Hbond substituents is 1. The fourth-order valence-electron chi connectivity index (χ4n) is 1.93. The number of phenols is 1. The van der Waals surface area contributed by atoms with Gasteiger partial charge in [-0.05, 0) is 24.3 Å². The number of amides is 2. The number of anilines is 2. The van der Waals surface area contributed by atoms with E-state index < -0.39 is 54.3 Å². The zero-order valence-electron chi connectivity index (χ0n) is 15.4. The minimum atomic E-state index is -4.80. The lowest BCUT2D eigenvalue weighted by Crippen LogP contribution is -2.32. The van der Waals surface area contributed by atoms with Gasteiger partial charge >= 0.3 is 18.4 Å². The van der Waals surface area contributed by atoms with Crippen LogP contribution in [-0.2, 0) is 0 Å². The molecule has 1 aromatic heterocycles. The van der Waals surface area contributed by atoms with Crippen LogP contribution in [-0.4, -0.2) is 53.7 Å². The molecule has 0 atom stereocenters. The molecule has 0 spiro atoms. The zero-order valence-corrected chi connectivity index (χ0v) is 16.1. The van der Waals surface area contributed by atoms with Gasteiger partial charge in [0, 0.05) is 12.7 Å². The maximum absolute atomic E-state index is 12.4. The summed E-state index contributed by atoms with van der Waals surface area (Å²) in [6, 6.07) is 4.38. The number of ether oxygens (including phenoxy) is 2. The number of hydrogen-bond acceptors (Lipinski definition) is 6. The Balaban J connectivity index is 2.28. The van der Waals surface area contributed by atoms with Crippen molar-refractivity contribution >= 4 is 29.3 Å². The van der Waals surface area contributed by atoms with Crippen LogP contribution in [0.2, 0.25) is 5.02 Å². The van der Waals surface area contributed by atoms with Crippen LogP contribution in [0.5, 0.6) is 17.5 Å². The summed E-state index contributed by atoms with van der Waals surface area (Å²) in [5.74, 6) is -2.70. The van der Waals surface area contributed by atoms with E-state index in [4.69, 9.17) is 11.6 Å². The van der Waals surface area contributed by atoms with Gasteiger partial charge in [0.1, 0.15) is 5.75 Å². The van der Waals surface area contributed by atoms with E-state index in [1.807, 2.05) is 0 Å². The van der Waals surface area contributed by atoms with Gasteiger partial charge in [0.05, 0.1) is 0 Å². The van der Waals surface area contributed by atoms with Gasteiger partial charge in [-0.1, -0.05) is 11.6 Å². The summed E-state index contributed by atoms with van der Waals surface area (Å²) in [4.78, 5) is 20.3. The smallest absolute Gasteiger partial charge is 0.422 e. The van der Waals surface area contributed by atoms with E-state index in [0.717, 1.165) is 4.90 Å². The Labute approximate surface area is 175 Å². The van der Waals surface area contributed by atoms with Crippen molar-refractivity contribution in [2.24, 2.45) is 0 Å². The first-order chi connectivity index (χ1) is 14.2. The predicted octanol–water partition coefficient (Wildman–Crippen LogP) is 4.39. The third kappa shape index (κ3) is 7.55. The van der Waals surface area contributed by atoms with Crippen molar-refractivity contribution < 1.29 is 45.7 Å². The number of halogens is 7. The SMILES string of the molecule is CN(C(=O)Nc1nc(OCC(F)(F)F)c(Cl)c(OCC(F)(F)F)n1)c1ccc(O)cc1. The number of urea groups is 1. The van der Waals surface area contributed by atoms with Crippen molar-refractivity contribution in [3.63, 3.8) is 0 Å². The highest BCUT2D eigenvalue weighted by Crippen LogP contribution is 2.34. The van der Waals surface area contributed by atoms with Crippen molar-refractivity contribution in [2.45, 2.75) is 12.4 Å². The minimum Gasteiger partial charge on any atom is -0.508 e. The van der Waals surface area contributed by atoms with E-state index in [9.17, 15) is 36.2 Å².